The number of hydrogen-bond donors (Lipinski definition) is 2. The number of nitrogens with one attached hydrogen (secondary N) is 2. The average Bonchev–Trinajstić information content (AvgIpc) is 3.19. The highest BCUT2D eigenvalue weighted by Crippen LogP contribution is 2.28. The van der Waals surface area contributed by atoms with Crippen molar-refractivity contribution >= 4 is 29.9 Å². The normalized spacial score (nSPS) is 19.1. The molecular weight excluding hydrogens is 475 g/mol. The van der Waals surface area contributed by atoms with Gasteiger partial charge in [-0.05, 0) is 90.1 Å². The number of hydrogen-bond acceptors (Lipinski definition) is 3. The Bertz CT molecular complexity index is 638. The third-order valence-corrected chi connectivity index (χ3v) is 5.97. The second-order valence-corrected chi connectivity index (χ2v) is 8.46. The van der Waals surface area contributed by atoms with Crippen LogP contribution in [0.1, 0.15) is 56.6 Å². The molecule has 1 saturated heterocycles. The number of halogens is 1. The quantitative estimate of drug-likeness (QED) is 0.323. The number of rotatable bonds is 7. The van der Waals surface area contributed by atoms with Gasteiger partial charge in [0.25, 0.3) is 0 Å². The lowest BCUT2D eigenvalue weighted by Gasteiger charge is -2.29. The fraction of sp³-hybridized carbons (Fsp3) is 0.696. The third kappa shape index (κ3) is 7.96. The van der Waals surface area contributed by atoms with E-state index in [2.05, 4.69) is 54.6 Å². The van der Waals surface area contributed by atoms with E-state index in [4.69, 9.17) is 9.73 Å². The summed E-state index contributed by atoms with van der Waals surface area (Å²) in [5, 5.41) is 6.95. The van der Waals surface area contributed by atoms with Crippen LogP contribution in [0.2, 0.25) is 0 Å². The van der Waals surface area contributed by atoms with Gasteiger partial charge in [0.15, 0.2) is 5.96 Å². The number of nitrogens with zero attached hydrogens (tertiary/aromatic N) is 2. The summed E-state index contributed by atoms with van der Waals surface area (Å²) in [5.41, 5.74) is 2.42. The van der Waals surface area contributed by atoms with Crippen LogP contribution in [0.3, 0.4) is 0 Å². The monoisotopic (exact) mass is 514 g/mol. The zero-order valence-electron chi connectivity index (χ0n) is 18.4. The van der Waals surface area contributed by atoms with E-state index in [0.29, 0.717) is 12.6 Å². The van der Waals surface area contributed by atoms with Crippen molar-refractivity contribution in [3.8, 4) is 5.75 Å². The van der Waals surface area contributed by atoms with Gasteiger partial charge in [-0.1, -0.05) is 12.1 Å². The molecule has 29 heavy (non-hydrogen) atoms. The van der Waals surface area contributed by atoms with Crippen LogP contribution in [0.25, 0.3) is 0 Å². The molecule has 2 N–H and O–H groups in total. The zero-order chi connectivity index (χ0) is 19.8. The number of aliphatic imine (C=N–C) groups is 1. The number of ether oxygens (including phenoxy) is 1. The molecule has 1 saturated carbocycles. The highest BCUT2D eigenvalue weighted by Gasteiger charge is 2.19. The van der Waals surface area contributed by atoms with Crippen molar-refractivity contribution in [1.29, 1.82) is 0 Å². The van der Waals surface area contributed by atoms with E-state index < -0.39 is 0 Å². The number of benzene rings is 1. The van der Waals surface area contributed by atoms with Crippen LogP contribution in [0.5, 0.6) is 5.75 Å². The van der Waals surface area contributed by atoms with E-state index in [1.165, 1.54) is 62.7 Å². The van der Waals surface area contributed by atoms with E-state index in [9.17, 15) is 0 Å². The maximum absolute atomic E-state index is 6.33. The van der Waals surface area contributed by atoms with E-state index in [1.54, 1.807) is 0 Å². The van der Waals surface area contributed by atoms with Crippen molar-refractivity contribution in [2.24, 2.45) is 10.9 Å². The third-order valence-electron chi connectivity index (χ3n) is 5.97. The van der Waals surface area contributed by atoms with Crippen LogP contribution in [-0.2, 0) is 6.54 Å². The second-order valence-electron chi connectivity index (χ2n) is 8.46. The molecule has 1 aromatic rings. The van der Waals surface area contributed by atoms with Gasteiger partial charge in [0.05, 0.1) is 12.6 Å². The van der Waals surface area contributed by atoms with Gasteiger partial charge in [-0.25, -0.2) is 4.99 Å². The van der Waals surface area contributed by atoms with Crippen LogP contribution in [0.4, 0.5) is 0 Å². The molecule has 164 valence electrons. The number of guanidine groups is 1. The van der Waals surface area contributed by atoms with Crippen molar-refractivity contribution in [3.63, 3.8) is 0 Å². The molecular formula is C23H39IN4O. The number of aryl methyl sites for hydroxylation is 1. The van der Waals surface area contributed by atoms with Gasteiger partial charge >= 0.3 is 0 Å². The summed E-state index contributed by atoms with van der Waals surface area (Å²) in [6.45, 7) is 9.16. The van der Waals surface area contributed by atoms with Crippen molar-refractivity contribution in [1.82, 2.24) is 15.5 Å². The lowest BCUT2D eigenvalue weighted by molar-refractivity contribution is 0.208. The second kappa shape index (κ2) is 12.6. The first-order valence-corrected chi connectivity index (χ1v) is 11.1. The standard InChI is InChI=1S/C23H38N4O.HI/c1-4-24-23(25-16-19-11-13-27(3)14-12-19)26-17-20-10-9-18(2)15-22(20)28-21-7-5-6-8-21;/h9-10,15,19,21H,4-8,11-14,16-17H2,1-3H3,(H2,24,25,26);1H. The van der Waals surface area contributed by atoms with Crippen molar-refractivity contribution in [2.75, 3.05) is 33.2 Å². The number of piperidine rings is 1. The Morgan fingerprint density at radius 1 is 1.14 bits per heavy atom. The molecule has 0 atom stereocenters. The van der Waals surface area contributed by atoms with Gasteiger partial charge in [-0.15, -0.1) is 24.0 Å². The minimum atomic E-state index is 0. The minimum Gasteiger partial charge on any atom is -0.490 e. The van der Waals surface area contributed by atoms with Crippen LogP contribution < -0.4 is 15.4 Å². The Kier molecular flexibility index (Phi) is 10.6. The first kappa shape index (κ1) is 24.3. The molecule has 0 bridgehead atoms. The molecule has 2 aliphatic rings. The maximum Gasteiger partial charge on any atom is 0.191 e. The van der Waals surface area contributed by atoms with Gasteiger partial charge in [-0.2, -0.15) is 0 Å². The molecule has 1 aliphatic carbocycles. The van der Waals surface area contributed by atoms with E-state index in [0.717, 1.165) is 30.7 Å². The van der Waals surface area contributed by atoms with E-state index in [1.807, 2.05) is 0 Å². The highest BCUT2D eigenvalue weighted by molar-refractivity contribution is 14.0. The molecule has 1 aromatic carbocycles. The predicted molar refractivity (Wildman–Crippen MR) is 133 cm³/mol. The largest absolute Gasteiger partial charge is 0.490 e. The fourth-order valence-corrected chi connectivity index (χ4v) is 4.10. The van der Waals surface area contributed by atoms with Gasteiger partial charge < -0.3 is 20.3 Å². The predicted octanol–water partition coefficient (Wildman–Crippen LogP) is 4.33. The number of likely N-dealkylation sites (tertiary alicyclic amines) is 1. The lowest BCUT2D eigenvalue weighted by Crippen LogP contribution is -2.42. The molecule has 0 unspecified atom stereocenters. The van der Waals surface area contributed by atoms with Gasteiger partial charge in [0, 0.05) is 18.7 Å². The Morgan fingerprint density at radius 2 is 1.86 bits per heavy atom. The first-order valence-electron chi connectivity index (χ1n) is 11.1. The Morgan fingerprint density at radius 3 is 2.55 bits per heavy atom. The maximum atomic E-state index is 6.33. The summed E-state index contributed by atoms with van der Waals surface area (Å²) in [6.07, 6.45) is 7.83. The zero-order valence-corrected chi connectivity index (χ0v) is 20.7. The van der Waals surface area contributed by atoms with Crippen LogP contribution in [0, 0.1) is 12.8 Å². The van der Waals surface area contributed by atoms with Gasteiger partial charge in [0.1, 0.15) is 5.75 Å². The van der Waals surface area contributed by atoms with Gasteiger partial charge in [-0.3, -0.25) is 0 Å². The van der Waals surface area contributed by atoms with E-state index in [-0.39, 0.29) is 24.0 Å². The highest BCUT2D eigenvalue weighted by atomic mass is 127. The molecule has 1 heterocycles. The fourth-order valence-electron chi connectivity index (χ4n) is 4.10. The lowest BCUT2D eigenvalue weighted by atomic mass is 9.97. The molecule has 0 amide bonds. The van der Waals surface area contributed by atoms with Crippen LogP contribution in [-0.4, -0.2) is 50.2 Å². The SMILES string of the molecule is CCNC(=NCc1ccc(C)cc1OC1CCCC1)NCC1CCN(C)CC1.I. The van der Waals surface area contributed by atoms with Crippen molar-refractivity contribution < 1.29 is 4.74 Å². The molecule has 3 rings (SSSR count). The summed E-state index contributed by atoms with van der Waals surface area (Å²) in [7, 11) is 2.21. The van der Waals surface area contributed by atoms with Crippen molar-refractivity contribution in [2.45, 2.75) is 65.0 Å². The summed E-state index contributed by atoms with van der Waals surface area (Å²) in [6, 6.07) is 6.50. The molecule has 6 heteroatoms. The minimum absolute atomic E-state index is 0. The van der Waals surface area contributed by atoms with E-state index >= 15 is 0 Å². The Hall–Kier alpha value is -1.02. The molecule has 5 nitrogen and oxygen atoms in total. The first-order chi connectivity index (χ1) is 13.6. The molecule has 0 spiro atoms. The van der Waals surface area contributed by atoms with Crippen LogP contribution >= 0.6 is 24.0 Å². The summed E-state index contributed by atoms with van der Waals surface area (Å²) in [5.74, 6) is 2.66. The Balaban J connectivity index is 0.00000300. The molecule has 0 aromatic heterocycles. The summed E-state index contributed by atoms with van der Waals surface area (Å²) < 4.78 is 6.33. The average molecular weight is 514 g/mol. The van der Waals surface area contributed by atoms with Crippen molar-refractivity contribution in [3.05, 3.63) is 29.3 Å². The Labute approximate surface area is 194 Å². The smallest absolute Gasteiger partial charge is 0.191 e. The van der Waals surface area contributed by atoms with Gasteiger partial charge in [0.2, 0.25) is 0 Å². The van der Waals surface area contributed by atoms with Crippen LogP contribution in [0.15, 0.2) is 23.2 Å². The molecule has 2 fully saturated rings. The topological polar surface area (TPSA) is 48.9 Å². The molecule has 0 radical (unpaired) electrons. The summed E-state index contributed by atoms with van der Waals surface area (Å²) >= 11 is 0. The summed E-state index contributed by atoms with van der Waals surface area (Å²) in [4.78, 5) is 7.27. The molecule has 1 aliphatic heterocycles.